The van der Waals surface area contributed by atoms with Crippen molar-refractivity contribution < 1.29 is 21.6 Å². The molecule has 4 aliphatic rings. The molecule has 6 nitrogen and oxygen atoms in total. The molecule has 6 rings (SSSR count). The molecule has 2 aromatic rings. The van der Waals surface area contributed by atoms with Gasteiger partial charge in [0.05, 0.1) is 18.6 Å². The number of hydrogen-bond acceptors (Lipinski definition) is 4. The van der Waals surface area contributed by atoms with E-state index < -0.39 is 15.5 Å². The second-order valence-electron chi connectivity index (χ2n) is 8.97. The number of sulfonamides is 1. The van der Waals surface area contributed by atoms with Gasteiger partial charge in [0.15, 0.2) is 0 Å². The Balaban J connectivity index is 1.66. The molecule has 3 fully saturated rings. The molecule has 1 N–H and O–H groups in total. The third kappa shape index (κ3) is 3.22. The highest BCUT2D eigenvalue weighted by Gasteiger charge is 2.63. The van der Waals surface area contributed by atoms with Crippen LogP contribution in [-0.4, -0.2) is 40.8 Å². The number of nitrogens with zero attached hydrogens (tertiary/aromatic N) is 3. The normalized spacial score (nSPS) is 28.5. The Morgan fingerprint density at radius 2 is 2.00 bits per heavy atom. The number of aromatic amines is 1. The number of H-pyrrole nitrogens is 1. The number of nitrogens with one attached hydrogen (secondary N) is 1. The molecule has 0 saturated heterocycles. The number of fused-ring (bicyclic) bond motifs is 1. The topological polar surface area (TPSA) is 69.3 Å². The van der Waals surface area contributed by atoms with Crippen molar-refractivity contribution in [2.45, 2.75) is 50.8 Å². The van der Waals surface area contributed by atoms with Crippen molar-refractivity contribution in [1.29, 1.82) is 0 Å². The zero-order chi connectivity index (χ0) is 22.2. The average Bonchev–Trinajstić information content (AvgIpc) is 3.06. The molecular weight excluding hydrogens is 497 g/mol. The van der Waals surface area contributed by atoms with Crippen molar-refractivity contribution in [2.24, 2.45) is 11.3 Å². The largest absolute Gasteiger partial charge is 0.511 e. The monoisotopic (exact) mass is 518 g/mol. The minimum Gasteiger partial charge on any atom is -0.361 e. The van der Waals surface area contributed by atoms with Crippen LogP contribution in [-0.2, 0) is 23.1 Å². The number of benzene rings is 1. The van der Waals surface area contributed by atoms with Gasteiger partial charge in [-0.1, -0.05) is 15.9 Å². The smallest absolute Gasteiger partial charge is 0.361 e. The lowest BCUT2D eigenvalue weighted by Gasteiger charge is -2.67. The van der Waals surface area contributed by atoms with Crippen LogP contribution < -0.4 is 4.90 Å². The molecule has 0 amide bonds. The van der Waals surface area contributed by atoms with Gasteiger partial charge in [0.1, 0.15) is 0 Å². The van der Waals surface area contributed by atoms with Gasteiger partial charge in [-0.25, -0.2) is 13.4 Å². The number of imidazole rings is 1. The lowest BCUT2D eigenvalue weighted by molar-refractivity contribution is -0.129. The van der Waals surface area contributed by atoms with Crippen LogP contribution in [0.25, 0.3) is 0 Å². The summed E-state index contributed by atoms with van der Waals surface area (Å²) in [5.41, 5.74) is -2.54. The fraction of sp³-hybridized carbons (Fsp3) is 0.550. The summed E-state index contributed by atoms with van der Waals surface area (Å²) in [6, 6.07) is 3.41. The molecule has 11 heteroatoms. The summed E-state index contributed by atoms with van der Waals surface area (Å²) in [5, 5.41) is 0. The standard InChI is InChI=1S/C20H22BrF3N4O2S/c1-12-15-9-27(31(29,30)20(22,23)24)10-18(19-4-13(5-19)6-19)28(8-14-7-25-11-26-14)17(15)3-2-16(12)21/h2-3,7,11,13,18H,4-6,8-10H2,1H3,(H,25,26). The van der Waals surface area contributed by atoms with E-state index in [1.807, 2.05) is 12.1 Å². The molecule has 1 aliphatic heterocycles. The third-order valence-corrected chi connectivity index (χ3v) is 9.63. The number of rotatable bonds is 4. The van der Waals surface area contributed by atoms with E-state index in [9.17, 15) is 21.6 Å². The number of aromatic nitrogens is 2. The predicted octanol–water partition coefficient (Wildman–Crippen LogP) is 4.32. The Kier molecular flexibility index (Phi) is 4.77. The summed E-state index contributed by atoms with van der Waals surface area (Å²) >= 11 is 3.45. The molecule has 1 aromatic heterocycles. The zero-order valence-electron chi connectivity index (χ0n) is 16.8. The van der Waals surface area contributed by atoms with E-state index in [4.69, 9.17) is 0 Å². The first-order valence-corrected chi connectivity index (χ1v) is 12.3. The Morgan fingerprint density at radius 1 is 1.29 bits per heavy atom. The first-order valence-electron chi connectivity index (χ1n) is 10.1. The zero-order valence-corrected chi connectivity index (χ0v) is 19.2. The lowest BCUT2D eigenvalue weighted by atomic mass is 9.41. The second kappa shape index (κ2) is 6.95. The van der Waals surface area contributed by atoms with Gasteiger partial charge in [0.25, 0.3) is 0 Å². The van der Waals surface area contributed by atoms with Crippen LogP contribution in [0.3, 0.4) is 0 Å². The van der Waals surface area contributed by atoms with Crippen molar-refractivity contribution >= 4 is 31.6 Å². The highest BCUT2D eigenvalue weighted by molar-refractivity contribution is 9.10. The highest BCUT2D eigenvalue weighted by Crippen LogP contribution is 2.67. The molecule has 1 aromatic carbocycles. The Labute approximate surface area is 187 Å². The van der Waals surface area contributed by atoms with Crippen LogP contribution in [0.4, 0.5) is 18.9 Å². The summed E-state index contributed by atoms with van der Waals surface area (Å²) in [5.74, 6) is 0.607. The predicted molar refractivity (Wildman–Crippen MR) is 113 cm³/mol. The van der Waals surface area contributed by atoms with E-state index in [0.29, 0.717) is 22.3 Å². The number of halogens is 4. The van der Waals surface area contributed by atoms with Gasteiger partial charge in [-0.2, -0.15) is 17.5 Å². The van der Waals surface area contributed by atoms with Crippen molar-refractivity contribution in [1.82, 2.24) is 14.3 Å². The number of anilines is 1. The number of alkyl halides is 3. The lowest BCUT2D eigenvalue weighted by Crippen LogP contribution is -2.66. The summed E-state index contributed by atoms with van der Waals surface area (Å²) in [6.07, 6.45) is 6.06. The summed E-state index contributed by atoms with van der Waals surface area (Å²) in [6.45, 7) is 1.73. The van der Waals surface area contributed by atoms with Gasteiger partial charge in [-0.3, -0.25) is 0 Å². The molecular formula is C20H22BrF3N4O2S. The van der Waals surface area contributed by atoms with Gasteiger partial charge in [0.2, 0.25) is 0 Å². The molecule has 1 atom stereocenters. The second-order valence-corrected chi connectivity index (χ2v) is 11.8. The third-order valence-electron chi connectivity index (χ3n) is 7.22. The van der Waals surface area contributed by atoms with E-state index >= 15 is 0 Å². The van der Waals surface area contributed by atoms with Crippen LogP contribution in [0.1, 0.15) is 36.1 Å². The van der Waals surface area contributed by atoms with E-state index in [1.54, 1.807) is 19.4 Å². The van der Waals surface area contributed by atoms with Gasteiger partial charge >= 0.3 is 15.5 Å². The van der Waals surface area contributed by atoms with E-state index in [1.165, 1.54) is 0 Å². The molecule has 2 heterocycles. The first-order chi connectivity index (χ1) is 14.5. The van der Waals surface area contributed by atoms with Gasteiger partial charge < -0.3 is 9.88 Å². The van der Waals surface area contributed by atoms with Crippen LogP contribution in [0.5, 0.6) is 0 Å². The summed E-state index contributed by atoms with van der Waals surface area (Å²) < 4.78 is 67.2. The Morgan fingerprint density at radius 3 is 2.55 bits per heavy atom. The molecule has 2 bridgehead atoms. The molecule has 0 radical (unpaired) electrons. The Bertz CT molecular complexity index is 1100. The van der Waals surface area contributed by atoms with Crippen molar-refractivity contribution in [3.63, 3.8) is 0 Å². The van der Waals surface area contributed by atoms with Crippen molar-refractivity contribution in [2.75, 3.05) is 11.4 Å². The maximum absolute atomic E-state index is 13.6. The fourth-order valence-corrected chi connectivity index (χ4v) is 6.74. The minimum atomic E-state index is -5.47. The first kappa shape index (κ1) is 21.3. The quantitative estimate of drug-likeness (QED) is 0.654. The highest BCUT2D eigenvalue weighted by atomic mass is 79.9. The maximum atomic E-state index is 13.6. The average molecular weight is 519 g/mol. The van der Waals surface area contributed by atoms with Crippen molar-refractivity contribution in [3.8, 4) is 0 Å². The van der Waals surface area contributed by atoms with E-state index in [-0.39, 0.29) is 24.5 Å². The molecule has 0 spiro atoms. The SMILES string of the molecule is Cc1c(Br)ccc2c1CN(S(=O)(=O)C(F)(F)F)CC(C13CC(C1)C3)N2Cc1cnc[nH]1. The van der Waals surface area contributed by atoms with E-state index in [0.717, 1.165) is 40.7 Å². The summed E-state index contributed by atoms with van der Waals surface area (Å²) in [4.78, 5) is 9.25. The summed E-state index contributed by atoms with van der Waals surface area (Å²) in [7, 11) is -5.47. The fourth-order valence-electron chi connectivity index (χ4n) is 5.44. The van der Waals surface area contributed by atoms with Gasteiger partial charge in [0, 0.05) is 35.5 Å². The van der Waals surface area contributed by atoms with Gasteiger partial charge in [-0.15, -0.1) is 0 Å². The molecule has 3 saturated carbocycles. The molecule has 31 heavy (non-hydrogen) atoms. The van der Waals surface area contributed by atoms with Crippen LogP contribution in [0, 0.1) is 18.3 Å². The molecule has 1 unspecified atom stereocenters. The van der Waals surface area contributed by atoms with E-state index in [2.05, 4.69) is 30.8 Å². The maximum Gasteiger partial charge on any atom is 0.511 e. The molecule has 168 valence electrons. The minimum absolute atomic E-state index is 0.146. The van der Waals surface area contributed by atoms with Crippen LogP contribution in [0.15, 0.2) is 29.1 Å². The Hall–Kier alpha value is -1.59. The van der Waals surface area contributed by atoms with Crippen molar-refractivity contribution in [3.05, 3.63) is 46.0 Å². The van der Waals surface area contributed by atoms with Gasteiger partial charge in [-0.05, 0) is 60.8 Å². The van der Waals surface area contributed by atoms with Crippen LogP contribution >= 0.6 is 15.9 Å². The number of hydrogen-bond donors (Lipinski definition) is 1. The molecule has 3 aliphatic carbocycles. The van der Waals surface area contributed by atoms with Crippen LogP contribution in [0.2, 0.25) is 0 Å².